The van der Waals surface area contributed by atoms with Gasteiger partial charge in [-0.25, -0.2) is 8.42 Å². The van der Waals surface area contributed by atoms with E-state index in [2.05, 4.69) is 10.3 Å². The number of thiophene rings is 1. The lowest BCUT2D eigenvalue weighted by atomic mass is 10.1. The van der Waals surface area contributed by atoms with Crippen LogP contribution in [-0.4, -0.2) is 36.7 Å². The van der Waals surface area contributed by atoms with E-state index >= 15 is 0 Å². The van der Waals surface area contributed by atoms with Gasteiger partial charge in [0.15, 0.2) is 0 Å². The predicted octanol–water partition coefficient (Wildman–Crippen LogP) is 3.77. The average Bonchev–Trinajstić information content (AvgIpc) is 3.28. The fourth-order valence-electron chi connectivity index (χ4n) is 2.95. The number of rotatable bonds is 8. The maximum absolute atomic E-state index is 12.5. The smallest absolute Gasteiger partial charge is 0.251 e. The third-order valence-corrected chi connectivity index (χ3v) is 7.31. The van der Waals surface area contributed by atoms with Gasteiger partial charge in [-0.3, -0.25) is 9.78 Å². The molecule has 0 atom stereocenters. The molecule has 8 heteroatoms. The van der Waals surface area contributed by atoms with Crippen molar-refractivity contribution in [3.63, 3.8) is 0 Å². The molecule has 3 rings (SSSR count). The van der Waals surface area contributed by atoms with Crippen LogP contribution in [0.4, 0.5) is 0 Å². The van der Waals surface area contributed by atoms with Crippen molar-refractivity contribution in [3.8, 4) is 11.1 Å². The fraction of sp³-hybridized carbons (Fsp3) is 0.238. The second-order valence-electron chi connectivity index (χ2n) is 6.39. The minimum Gasteiger partial charge on any atom is -0.348 e. The molecule has 2 aromatic heterocycles. The van der Waals surface area contributed by atoms with E-state index in [0.717, 1.165) is 16.7 Å². The molecule has 0 bridgehead atoms. The Morgan fingerprint density at radius 3 is 2.41 bits per heavy atom. The van der Waals surface area contributed by atoms with Crippen molar-refractivity contribution in [1.82, 2.24) is 14.6 Å². The minimum absolute atomic E-state index is 0.186. The standard InChI is InChI=1S/C21H23N3O3S2/c1-3-24(4-2)29(26,27)20-7-5-17(6-8-20)21(25)23-13-16-11-19(14-22-12-16)18-9-10-28-15-18/h5-12,14-15H,3-4,13H2,1-2H3,(H,23,25). The quantitative estimate of drug-likeness (QED) is 0.591. The summed E-state index contributed by atoms with van der Waals surface area (Å²) in [4.78, 5) is 16.9. The van der Waals surface area contributed by atoms with Gasteiger partial charge in [0.2, 0.25) is 10.0 Å². The summed E-state index contributed by atoms with van der Waals surface area (Å²) in [6, 6.07) is 10.0. The topological polar surface area (TPSA) is 79.4 Å². The summed E-state index contributed by atoms with van der Waals surface area (Å²) < 4.78 is 26.5. The lowest BCUT2D eigenvalue weighted by Crippen LogP contribution is -2.30. The number of nitrogens with one attached hydrogen (secondary N) is 1. The molecule has 0 aliphatic carbocycles. The number of hydrogen-bond acceptors (Lipinski definition) is 5. The van der Waals surface area contributed by atoms with E-state index in [0.29, 0.717) is 25.2 Å². The monoisotopic (exact) mass is 429 g/mol. The van der Waals surface area contributed by atoms with E-state index < -0.39 is 10.0 Å². The van der Waals surface area contributed by atoms with Gasteiger partial charge in [-0.05, 0) is 58.3 Å². The van der Waals surface area contributed by atoms with Gasteiger partial charge in [-0.15, -0.1) is 0 Å². The zero-order valence-corrected chi connectivity index (χ0v) is 18.0. The molecule has 1 N–H and O–H groups in total. The van der Waals surface area contributed by atoms with Crippen LogP contribution in [0.3, 0.4) is 0 Å². The van der Waals surface area contributed by atoms with Crippen LogP contribution in [-0.2, 0) is 16.6 Å². The van der Waals surface area contributed by atoms with E-state index in [1.807, 2.05) is 22.9 Å². The molecule has 29 heavy (non-hydrogen) atoms. The molecule has 0 saturated carbocycles. The average molecular weight is 430 g/mol. The van der Waals surface area contributed by atoms with Crippen LogP contribution in [0.1, 0.15) is 29.8 Å². The number of aromatic nitrogens is 1. The van der Waals surface area contributed by atoms with E-state index in [4.69, 9.17) is 0 Å². The molecule has 0 aliphatic heterocycles. The Labute approximate surface area is 175 Å². The molecule has 6 nitrogen and oxygen atoms in total. The zero-order valence-electron chi connectivity index (χ0n) is 16.3. The van der Waals surface area contributed by atoms with Gasteiger partial charge < -0.3 is 5.32 Å². The minimum atomic E-state index is -3.53. The van der Waals surface area contributed by atoms with Crippen LogP contribution in [0.5, 0.6) is 0 Å². The first-order valence-electron chi connectivity index (χ1n) is 9.30. The first-order chi connectivity index (χ1) is 14.0. The maximum Gasteiger partial charge on any atom is 0.251 e. The van der Waals surface area contributed by atoms with Crippen LogP contribution in [0.25, 0.3) is 11.1 Å². The Balaban J connectivity index is 1.67. The lowest BCUT2D eigenvalue weighted by Gasteiger charge is -2.18. The normalized spacial score (nSPS) is 11.6. The summed E-state index contributed by atoms with van der Waals surface area (Å²) in [6.45, 7) is 4.73. The number of carbonyl (C=O) groups is 1. The van der Waals surface area contributed by atoms with Gasteiger partial charge in [-0.1, -0.05) is 13.8 Å². The van der Waals surface area contributed by atoms with Gasteiger partial charge in [0, 0.05) is 43.2 Å². The summed E-state index contributed by atoms with van der Waals surface area (Å²) in [5.74, 6) is -0.266. The second-order valence-corrected chi connectivity index (χ2v) is 9.11. The summed E-state index contributed by atoms with van der Waals surface area (Å²) >= 11 is 1.62. The molecule has 0 unspecified atom stereocenters. The third-order valence-electron chi connectivity index (χ3n) is 4.56. The first-order valence-corrected chi connectivity index (χ1v) is 11.7. The molecular weight excluding hydrogens is 406 g/mol. The molecule has 0 radical (unpaired) electrons. The Hall–Kier alpha value is -2.55. The van der Waals surface area contributed by atoms with Crippen molar-refractivity contribution in [3.05, 3.63) is 70.7 Å². The van der Waals surface area contributed by atoms with Crippen molar-refractivity contribution in [2.24, 2.45) is 0 Å². The van der Waals surface area contributed by atoms with E-state index in [9.17, 15) is 13.2 Å². The highest BCUT2D eigenvalue weighted by Crippen LogP contribution is 2.22. The summed E-state index contributed by atoms with van der Waals surface area (Å²) in [6.07, 6.45) is 3.51. The Morgan fingerprint density at radius 2 is 1.79 bits per heavy atom. The Morgan fingerprint density at radius 1 is 1.07 bits per heavy atom. The van der Waals surface area contributed by atoms with Gasteiger partial charge in [0.05, 0.1) is 4.90 Å². The number of nitrogens with zero attached hydrogens (tertiary/aromatic N) is 2. The molecular formula is C21H23N3O3S2. The number of hydrogen-bond donors (Lipinski definition) is 1. The zero-order chi connectivity index (χ0) is 20.9. The highest BCUT2D eigenvalue weighted by molar-refractivity contribution is 7.89. The molecule has 0 spiro atoms. The van der Waals surface area contributed by atoms with Crippen LogP contribution in [0.2, 0.25) is 0 Å². The molecule has 0 fully saturated rings. The molecule has 152 valence electrons. The van der Waals surface area contributed by atoms with Gasteiger partial charge in [-0.2, -0.15) is 15.6 Å². The molecule has 1 amide bonds. The summed E-state index contributed by atoms with van der Waals surface area (Å²) in [5.41, 5.74) is 3.40. The van der Waals surface area contributed by atoms with Crippen molar-refractivity contribution in [2.45, 2.75) is 25.3 Å². The van der Waals surface area contributed by atoms with Gasteiger partial charge >= 0.3 is 0 Å². The predicted molar refractivity (Wildman–Crippen MR) is 115 cm³/mol. The second kappa shape index (κ2) is 9.30. The van der Waals surface area contributed by atoms with E-state index in [1.54, 1.807) is 37.6 Å². The van der Waals surface area contributed by atoms with E-state index in [1.165, 1.54) is 28.6 Å². The summed E-state index contributed by atoms with van der Waals surface area (Å²) in [5, 5.41) is 6.91. The number of sulfonamides is 1. The van der Waals surface area contributed by atoms with Crippen molar-refractivity contribution in [2.75, 3.05) is 13.1 Å². The van der Waals surface area contributed by atoms with Gasteiger partial charge in [0.1, 0.15) is 0 Å². The fourth-order valence-corrected chi connectivity index (χ4v) is 5.07. The third kappa shape index (κ3) is 4.90. The molecule has 2 heterocycles. The van der Waals surface area contributed by atoms with Crippen LogP contribution in [0.15, 0.2) is 64.4 Å². The maximum atomic E-state index is 12.5. The largest absolute Gasteiger partial charge is 0.348 e. The number of benzene rings is 1. The molecule has 1 aromatic carbocycles. The lowest BCUT2D eigenvalue weighted by molar-refractivity contribution is 0.0950. The number of carbonyl (C=O) groups excluding carboxylic acids is 1. The van der Waals surface area contributed by atoms with Crippen LogP contribution < -0.4 is 5.32 Å². The highest BCUT2D eigenvalue weighted by atomic mass is 32.2. The number of amides is 1. The Kier molecular flexibility index (Phi) is 6.79. The van der Waals surface area contributed by atoms with Gasteiger partial charge in [0.25, 0.3) is 5.91 Å². The first kappa shape index (κ1) is 21.2. The highest BCUT2D eigenvalue weighted by Gasteiger charge is 2.21. The van der Waals surface area contributed by atoms with Crippen LogP contribution >= 0.6 is 11.3 Å². The molecule has 0 saturated heterocycles. The summed E-state index contributed by atoms with van der Waals surface area (Å²) in [7, 11) is -3.53. The number of pyridine rings is 1. The van der Waals surface area contributed by atoms with E-state index in [-0.39, 0.29) is 10.8 Å². The molecule has 3 aromatic rings. The van der Waals surface area contributed by atoms with Crippen molar-refractivity contribution in [1.29, 1.82) is 0 Å². The Bertz CT molecular complexity index is 1060. The SMILES string of the molecule is CCN(CC)S(=O)(=O)c1ccc(C(=O)NCc2cncc(-c3ccsc3)c2)cc1. The molecule has 0 aliphatic rings. The van der Waals surface area contributed by atoms with Crippen molar-refractivity contribution >= 4 is 27.3 Å². The van der Waals surface area contributed by atoms with Crippen molar-refractivity contribution < 1.29 is 13.2 Å². The van der Waals surface area contributed by atoms with Crippen LogP contribution in [0, 0.1) is 0 Å².